The first kappa shape index (κ1) is 27.0. The number of hydrogen-bond donors (Lipinski definition) is 1. The second kappa shape index (κ2) is 13.5. The van der Waals surface area contributed by atoms with Crippen LogP contribution in [0.3, 0.4) is 0 Å². The van der Waals surface area contributed by atoms with Gasteiger partial charge in [0.05, 0.1) is 6.61 Å². The highest BCUT2D eigenvalue weighted by Crippen LogP contribution is 2.27. The fraction of sp³-hybridized carbons (Fsp3) is 0.462. The van der Waals surface area contributed by atoms with Crippen LogP contribution >= 0.6 is 23.2 Å². The quantitative estimate of drug-likeness (QED) is 0.367. The summed E-state index contributed by atoms with van der Waals surface area (Å²) in [6.45, 7) is 9.10. The number of nitrogens with zero attached hydrogens (tertiary/aromatic N) is 1. The van der Waals surface area contributed by atoms with E-state index in [0.29, 0.717) is 47.5 Å². The first-order chi connectivity index (χ1) is 15.7. The normalized spacial score (nSPS) is 11.8. The third kappa shape index (κ3) is 8.56. The number of carbonyl (C=O) groups excluding carboxylic acids is 2. The van der Waals surface area contributed by atoms with E-state index in [2.05, 4.69) is 5.32 Å². The minimum Gasteiger partial charge on any atom is -0.494 e. The summed E-state index contributed by atoms with van der Waals surface area (Å²) in [5.41, 5.74) is 1.80. The largest absolute Gasteiger partial charge is 0.494 e. The molecule has 0 saturated carbocycles. The number of benzene rings is 2. The molecule has 0 aliphatic heterocycles. The van der Waals surface area contributed by atoms with Crippen LogP contribution in [0.25, 0.3) is 0 Å². The molecule has 0 aliphatic carbocycles. The number of amides is 2. The molecule has 33 heavy (non-hydrogen) atoms. The number of hydrogen-bond acceptors (Lipinski definition) is 3. The van der Waals surface area contributed by atoms with Gasteiger partial charge in [-0.2, -0.15) is 0 Å². The summed E-state index contributed by atoms with van der Waals surface area (Å²) in [6, 6.07) is 12.4. The zero-order valence-corrected chi connectivity index (χ0v) is 21.4. The van der Waals surface area contributed by atoms with E-state index >= 15 is 0 Å². The van der Waals surface area contributed by atoms with E-state index in [-0.39, 0.29) is 24.8 Å². The van der Waals surface area contributed by atoms with Gasteiger partial charge in [-0.15, -0.1) is 0 Å². The Morgan fingerprint density at radius 2 is 1.70 bits per heavy atom. The highest BCUT2D eigenvalue weighted by molar-refractivity contribution is 6.36. The van der Waals surface area contributed by atoms with E-state index in [1.54, 1.807) is 23.1 Å². The van der Waals surface area contributed by atoms with Crippen LogP contribution in [0.5, 0.6) is 5.75 Å². The van der Waals surface area contributed by atoms with Crippen LogP contribution in [0.4, 0.5) is 0 Å². The van der Waals surface area contributed by atoms with Gasteiger partial charge in [0.25, 0.3) is 0 Å². The SMILES string of the molecule is CC[C@H](C(=O)NCC(C)C)N(Cc1c(Cl)cccc1Cl)C(=O)CCCOc1ccc(C)cc1. The molecule has 0 radical (unpaired) electrons. The van der Waals surface area contributed by atoms with Crippen molar-refractivity contribution in [1.29, 1.82) is 0 Å². The lowest BCUT2D eigenvalue weighted by atomic mass is 10.1. The molecule has 2 rings (SSSR count). The molecule has 2 amide bonds. The van der Waals surface area contributed by atoms with Crippen molar-refractivity contribution in [3.05, 3.63) is 63.6 Å². The van der Waals surface area contributed by atoms with Crippen molar-refractivity contribution in [1.82, 2.24) is 10.2 Å². The molecule has 180 valence electrons. The summed E-state index contributed by atoms with van der Waals surface area (Å²) in [4.78, 5) is 27.8. The third-order valence-electron chi connectivity index (χ3n) is 5.29. The third-order valence-corrected chi connectivity index (χ3v) is 5.99. The molecule has 0 bridgehead atoms. The second-order valence-corrected chi connectivity index (χ2v) is 9.36. The van der Waals surface area contributed by atoms with Gasteiger partial charge in [0.2, 0.25) is 11.8 Å². The van der Waals surface area contributed by atoms with E-state index in [1.165, 1.54) is 0 Å². The summed E-state index contributed by atoms with van der Waals surface area (Å²) in [7, 11) is 0. The van der Waals surface area contributed by atoms with Crippen molar-refractivity contribution in [3.8, 4) is 5.75 Å². The van der Waals surface area contributed by atoms with Gasteiger partial charge in [0, 0.05) is 35.1 Å². The average Bonchev–Trinajstić information content (AvgIpc) is 2.78. The van der Waals surface area contributed by atoms with Crippen molar-refractivity contribution < 1.29 is 14.3 Å². The first-order valence-electron chi connectivity index (χ1n) is 11.4. The highest BCUT2D eigenvalue weighted by atomic mass is 35.5. The van der Waals surface area contributed by atoms with Gasteiger partial charge >= 0.3 is 0 Å². The fourth-order valence-electron chi connectivity index (χ4n) is 3.39. The molecule has 0 heterocycles. The van der Waals surface area contributed by atoms with Crippen LogP contribution in [0.15, 0.2) is 42.5 Å². The second-order valence-electron chi connectivity index (χ2n) is 8.55. The van der Waals surface area contributed by atoms with Gasteiger partial charge in [0.15, 0.2) is 0 Å². The Kier molecular flexibility index (Phi) is 11.0. The van der Waals surface area contributed by atoms with Gasteiger partial charge < -0.3 is 15.0 Å². The summed E-state index contributed by atoms with van der Waals surface area (Å²) in [6.07, 6.45) is 1.27. The lowest BCUT2D eigenvalue weighted by Gasteiger charge is -2.31. The predicted octanol–water partition coefficient (Wildman–Crippen LogP) is 6.04. The average molecular weight is 493 g/mol. The maximum absolute atomic E-state index is 13.3. The standard InChI is InChI=1S/C26H34Cl2N2O3/c1-5-24(26(32)29-16-18(2)3)30(17-21-22(27)8-6-9-23(21)28)25(31)10-7-15-33-20-13-11-19(4)12-14-20/h6,8-9,11-14,18,24H,5,7,10,15-17H2,1-4H3,(H,29,32)/t24-/m1/s1. The van der Waals surface area contributed by atoms with Crippen molar-refractivity contribution >= 4 is 35.0 Å². The van der Waals surface area contributed by atoms with Gasteiger partial charge in [-0.3, -0.25) is 9.59 Å². The molecule has 0 unspecified atom stereocenters. The molecule has 2 aromatic rings. The molecule has 2 aromatic carbocycles. The van der Waals surface area contributed by atoms with Crippen molar-refractivity contribution in [2.24, 2.45) is 5.92 Å². The van der Waals surface area contributed by atoms with E-state index in [0.717, 1.165) is 11.3 Å². The minimum atomic E-state index is -0.610. The van der Waals surface area contributed by atoms with E-state index in [1.807, 2.05) is 52.0 Å². The lowest BCUT2D eigenvalue weighted by Crippen LogP contribution is -2.49. The number of halogens is 2. The molecular formula is C26H34Cl2N2O3. The van der Waals surface area contributed by atoms with Gasteiger partial charge in [0.1, 0.15) is 11.8 Å². The molecule has 0 aromatic heterocycles. The zero-order valence-electron chi connectivity index (χ0n) is 19.9. The van der Waals surface area contributed by atoms with Crippen molar-refractivity contribution in [2.75, 3.05) is 13.2 Å². The maximum atomic E-state index is 13.3. The summed E-state index contributed by atoms with van der Waals surface area (Å²) < 4.78 is 5.75. The van der Waals surface area contributed by atoms with Crippen molar-refractivity contribution in [2.45, 2.75) is 59.5 Å². The maximum Gasteiger partial charge on any atom is 0.242 e. The molecule has 5 nitrogen and oxygen atoms in total. The molecule has 0 saturated heterocycles. The van der Waals surface area contributed by atoms with Gasteiger partial charge in [-0.05, 0) is 49.9 Å². The lowest BCUT2D eigenvalue weighted by molar-refractivity contribution is -0.141. The Labute approximate surface area is 207 Å². The Hall–Kier alpha value is -2.24. The Balaban J connectivity index is 2.11. The number of ether oxygens (including phenoxy) is 1. The van der Waals surface area contributed by atoms with Gasteiger partial charge in [-0.25, -0.2) is 0 Å². The monoisotopic (exact) mass is 492 g/mol. The topological polar surface area (TPSA) is 58.6 Å². The van der Waals surface area contributed by atoms with Crippen LogP contribution < -0.4 is 10.1 Å². The highest BCUT2D eigenvalue weighted by Gasteiger charge is 2.29. The summed E-state index contributed by atoms with van der Waals surface area (Å²) in [5.74, 6) is 0.781. The molecular weight excluding hydrogens is 459 g/mol. The van der Waals surface area contributed by atoms with Crippen LogP contribution in [0.1, 0.15) is 51.2 Å². The Morgan fingerprint density at radius 1 is 1.06 bits per heavy atom. The van der Waals surface area contributed by atoms with Crippen molar-refractivity contribution in [3.63, 3.8) is 0 Å². The fourth-order valence-corrected chi connectivity index (χ4v) is 3.90. The Morgan fingerprint density at radius 3 is 2.27 bits per heavy atom. The van der Waals surface area contributed by atoms with E-state index in [9.17, 15) is 9.59 Å². The minimum absolute atomic E-state index is 0.134. The first-order valence-corrected chi connectivity index (χ1v) is 12.2. The Bertz CT molecular complexity index is 896. The van der Waals surface area contributed by atoms with Crippen LogP contribution in [-0.2, 0) is 16.1 Å². The molecule has 7 heteroatoms. The predicted molar refractivity (Wildman–Crippen MR) is 135 cm³/mol. The number of nitrogens with one attached hydrogen (secondary N) is 1. The molecule has 1 N–H and O–H groups in total. The molecule has 1 atom stereocenters. The van der Waals surface area contributed by atoms with E-state index < -0.39 is 6.04 Å². The van der Waals surface area contributed by atoms with Crippen LogP contribution in [0, 0.1) is 12.8 Å². The summed E-state index contributed by atoms with van der Waals surface area (Å²) in [5, 5.41) is 3.90. The number of aryl methyl sites for hydroxylation is 1. The van der Waals surface area contributed by atoms with Gasteiger partial charge in [-0.1, -0.05) is 67.7 Å². The number of carbonyl (C=O) groups is 2. The van der Waals surface area contributed by atoms with E-state index in [4.69, 9.17) is 27.9 Å². The smallest absolute Gasteiger partial charge is 0.242 e. The molecule has 0 fully saturated rings. The zero-order chi connectivity index (χ0) is 24.4. The summed E-state index contributed by atoms with van der Waals surface area (Å²) >= 11 is 12.7. The van der Waals surface area contributed by atoms with Crippen LogP contribution in [-0.4, -0.2) is 35.9 Å². The molecule has 0 spiro atoms. The molecule has 0 aliphatic rings. The number of rotatable bonds is 12. The van der Waals surface area contributed by atoms with Crippen LogP contribution in [0.2, 0.25) is 10.0 Å².